The van der Waals surface area contributed by atoms with Gasteiger partial charge in [0.2, 0.25) is 0 Å². The molecule has 0 spiro atoms. The zero-order chi connectivity index (χ0) is 16.1. The summed E-state index contributed by atoms with van der Waals surface area (Å²) in [4.78, 5) is 0. The second kappa shape index (κ2) is 7.65. The van der Waals surface area contributed by atoms with Gasteiger partial charge in [-0.05, 0) is 49.9 Å². The van der Waals surface area contributed by atoms with Gasteiger partial charge in [-0.2, -0.15) is 0 Å². The van der Waals surface area contributed by atoms with E-state index < -0.39 is 8.38 Å². The standard InChI is InChI=1S/C19H25O2P/c1-6-16-12-14(3)8-10-18(16)20-22(5)21-19-11-9-15(4)13-17(19)7-2/h8-13H,6-7H2,1-5H3. The smallest absolute Gasteiger partial charge is 0.286 e. The van der Waals surface area contributed by atoms with E-state index in [0.717, 1.165) is 24.3 Å². The van der Waals surface area contributed by atoms with E-state index in [2.05, 4.69) is 52.0 Å². The quantitative estimate of drug-likeness (QED) is 0.624. The summed E-state index contributed by atoms with van der Waals surface area (Å²) in [6.45, 7) is 10.5. The molecule has 0 heterocycles. The number of hydrogen-bond acceptors (Lipinski definition) is 2. The molecule has 0 bridgehead atoms. The molecule has 0 fully saturated rings. The molecular weight excluding hydrogens is 291 g/mol. The van der Waals surface area contributed by atoms with Crippen molar-refractivity contribution in [1.29, 1.82) is 0 Å². The Morgan fingerprint density at radius 1 is 0.773 bits per heavy atom. The molecule has 2 rings (SSSR count). The average Bonchev–Trinajstić information content (AvgIpc) is 2.50. The largest absolute Gasteiger partial charge is 0.438 e. The third-order valence-electron chi connectivity index (χ3n) is 3.65. The second-order valence-electron chi connectivity index (χ2n) is 5.55. The molecule has 118 valence electrons. The maximum absolute atomic E-state index is 6.07. The van der Waals surface area contributed by atoms with Crippen molar-refractivity contribution >= 4 is 8.38 Å². The Morgan fingerprint density at radius 3 is 1.55 bits per heavy atom. The van der Waals surface area contributed by atoms with Crippen LogP contribution in [0.5, 0.6) is 11.5 Å². The van der Waals surface area contributed by atoms with Gasteiger partial charge in [0.1, 0.15) is 11.5 Å². The first-order valence-electron chi connectivity index (χ1n) is 7.82. The van der Waals surface area contributed by atoms with Crippen LogP contribution in [0.25, 0.3) is 0 Å². The van der Waals surface area contributed by atoms with E-state index in [1.165, 1.54) is 22.3 Å². The van der Waals surface area contributed by atoms with Crippen molar-refractivity contribution in [1.82, 2.24) is 0 Å². The van der Waals surface area contributed by atoms with Gasteiger partial charge in [0.15, 0.2) is 0 Å². The number of benzene rings is 2. The highest BCUT2D eigenvalue weighted by Crippen LogP contribution is 2.40. The average molecular weight is 316 g/mol. The number of aryl methyl sites for hydroxylation is 4. The van der Waals surface area contributed by atoms with Crippen LogP contribution in [0.3, 0.4) is 0 Å². The van der Waals surface area contributed by atoms with Crippen LogP contribution in [-0.2, 0) is 12.8 Å². The molecule has 2 nitrogen and oxygen atoms in total. The zero-order valence-electron chi connectivity index (χ0n) is 14.1. The van der Waals surface area contributed by atoms with Gasteiger partial charge in [0.25, 0.3) is 8.38 Å². The highest BCUT2D eigenvalue weighted by molar-refractivity contribution is 7.47. The molecule has 0 aromatic heterocycles. The summed E-state index contributed by atoms with van der Waals surface area (Å²) in [5.74, 6) is 1.87. The molecule has 0 atom stereocenters. The Kier molecular flexibility index (Phi) is 5.85. The van der Waals surface area contributed by atoms with E-state index in [1.54, 1.807) is 0 Å². The van der Waals surface area contributed by atoms with Crippen molar-refractivity contribution in [3.8, 4) is 11.5 Å². The minimum Gasteiger partial charge on any atom is -0.438 e. The lowest BCUT2D eigenvalue weighted by atomic mass is 10.1. The molecule has 22 heavy (non-hydrogen) atoms. The van der Waals surface area contributed by atoms with Gasteiger partial charge in [-0.25, -0.2) is 0 Å². The summed E-state index contributed by atoms with van der Waals surface area (Å²) in [6, 6.07) is 12.6. The molecule has 0 amide bonds. The molecule has 0 saturated heterocycles. The maximum atomic E-state index is 6.07. The van der Waals surface area contributed by atoms with Crippen LogP contribution in [0.4, 0.5) is 0 Å². The SMILES string of the molecule is CCc1cc(C)ccc1OP(C)Oc1ccc(C)cc1CC. The van der Waals surface area contributed by atoms with Crippen molar-refractivity contribution in [3.05, 3.63) is 58.7 Å². The van der Waals surface area contributed by atoms with E-state index in [4.69, 9.17) is 9.05 Å². The fourth-order valence-corrected chi connectivity index (χ4v) is 3.39. The fourth-order valence-electron chi connectivity index (χ4n) is 2.44. The van der Waals surface area contributed by atoms with Gasteiger partial charge >= 0.3 is 0 Å². The van der Waals surface area contributed by atoms with Crippen molar-refractivity contribution in [2.45, 2.75) is 40.5 Å². The van der Waals surface area contributed by atoms with E-state index in [9.17, 15) is 0 Å². The minimum atomic E-state index is -0.996. The number of rotatable bonds is 6. The highest BCUT2D eigenvalue weighted by atomic mass is 31.2. The van der Waals surface area contributed by atoms with Crippen molar-refractivity contribution in [2.75, 3.05) is 6.66 Å². The van der Waals surface area contributed by atoms with Crippen LogP contribution in [-0.4, -0.2) is 6.66 Å². The molecule has 2 aromatic carbocycles. The monoisotopic (exact) mass is 316 g/mol. The molecule has 0 aliphatic heterocycles. The molecular formula is C19H25O2P. The first kappa shape index (κ1) is 16.8. The third kappa shape index (κ3) is 4.24. The molecule has 0 radical (unpaired) electrons. The molecule has 0 N–H and O–H groups in total. The lowest BCUT2D eigenvalue weighted by molar-refractivity contribution is 0.490. The Labute approximate surface area is 135 Å². The van der Waals surface area contributed by atoms with Crippen LogP contribution in [0.1, 0.15) is 36.1 Å². The molecule has 2 aromatic rings. The zero-order valence-corrected chi connectivity index (χ0v) is 15.0. The Hall–Kier alpha value is -1.53. The Bertz CT molecular complexity index is 582. The summed E-state index contributed by atoms with van der Waals surface area (Å²) < 4.78 is 12.1. The predicted molar refractivity (Wildman–Crippen MR) is 95.2 cm³/mol. The maximum Gasteiger partial charge on any atom is 0.286 e. The highest BCUT2D eigenvalue weighted by Gasteiger charge is 2.13. The normalized spacial score (nSPS) is 10.8. The van der Waals surface area contributed by atoms with E-state index >= 15 is 0 Å². The van der Waals surface area contributed by atoms with Crippen LogP contribution in [0, 0.1) is 13.8 Å². The topological polar surface area (TPSA) is 18.5 Å². The molecule has 0 aliphatic rings. The third-order valence-corrected chi connectivity index (χ3v) is 4.56. The first-order valence-corrected chi connectivity index (χ1v) is 9.44. The predicted octanol–water partition coefficient (Wildman–Crippen LogP) is 5.83. The van der Waals surface area contributed by atoms with Crippen molar-refractivity contribution < 1.29 is 9.05 Å². The van der Waals surface area contributed by atoms with Gasteiger partial charge in [-0.1, -0.05) is 49.2 Å². The van der Waals surface area contributed by atoms with Crippen molar-refractivity contribution in [2.24, 2.45) is 0 Å². The van der Waals surface area contributed by atoms with Gasteiger partial charge < -0.3 is 9.05 Å². The fraction of sp³-hybridized carbons (Fsp3) is 0.368. The number of hydrogen-bond donors (Lipinski definition) is 0. The Balaban J connectivity index is 2.12. The summed E-state index contributed by atoms with van der Waals surface area (Å²) >= 11 is 0. The minimum absolute atomic E-state index is 0.937. The molecule has 3 heteroatoms. The second-order valence-corrected chi connectivity index (χ2v) is 6.80. The lowest BCUT2D eigenvalue weighted by Crippen LogP contribution is -1.99. The van der Waals surface area contributed by atoms with Crippen molar-refractivity contribution in [3.63, 3.8) is 0 Å². The van der Waals surface area contributed by atoms with Gasteiger partial charge in [-0.15, -0.1) is 0 Å². The van der Waals surface area contributed by atoms with E-state index in [0.29, 0.717) is 0 Å². The molecule has 0 unspecified atom stereocenters. The summed E-state index contributed by atoms with van der Waals surface area (Å²) in [5.41, 5.74) is 4.99. The van der Waals surface area contributed by atoms with Crippen LogP contribution in [0.15, 0.2) is 36.4 Å². The first-order chi connectivity index (χ1) is 10.5. The summed E-state index contributed by atoms with van der Waals surface area (Å²) in [6.07, 6.45) is 1.93. The van der Waals surface area contributed by atoms with E-state index in [1.807, 2.05) is 18.8 Å². The van der Waals surface area contributed by atoms with Crippen LogP contribution in [0.2, 0.25) is 0 Å². The summed E-state index contributed by atoms with van der Waals surface area (Å²) in [5, 5.41) is 0. The van der Waals surface area contributed by atoms with Gasteiger partial charge in [0.05, 0.1) is 0 Å². The van der Waals surface area contributed by atoms with Gasteiger partial charge in [-0.3, -0.25) is 0 Å². The molecule has 0 aliphatic carbocycles. The van der Waals surface area contributed by atoms with Crippen LogP contribution >= 0.6 is 8.38 Å². The Morgan fingerprint density at radius 2 is 1.18 bits per heavy atom. The lowest BCUT2D eigenvalue weighted by Gasteiger charge is -2.19. The van der Waals surface area contributed by atoms with Gasteiger partial charge in [0, 0.05) is 6.66 Å². The van der Waals surface area contributed by atoms with Crippen LogP contribution < -0.4 is 9.05 Å². The molecule has 0 saturated carbocycles. The summed E-state index contributed by atoms with van der Waals surface area (Å²) in [7, 11) is -0.996. The van der Waals surface area contributed by atoms with E-state index in [-0.39, 0.29) is 0 Å².